The number of thiazole rings is 1. The number of hydrogen-bond donors (Lipinski definition) is 2. The summed E-state index contributed by atoms with van der Waals surface area (Å²) in [5.74, 6) is -0.112. The van der Waals surface area contributed by atoms with Crippen molar-refractivity contribution < 1.29 is 4.79 Å². The van der Waals surface area contributed by atoms with Crippen LogP contribution in [0.4, 0.5) is 0 Å². The van der Waals surface area contributed by atoms with Gasteiger partial charge in [0.1, 0.15) is 0 Å². The Labute approximate surface area is 100 Å². The molecule has 0 aliphatic rings. The lowest BCUT2D eigenvalue weighted by molar-refractivity contribution is -0.124. The fourth-order valence-corrected chi connectivity index (χ4v) is 1.90. The summed E-state index contributed by atoms with van der Waals surface area (Å²) in [6.45, 7) is 8.31. The molecule has 0 aliphatic carbocycles. The summed E-state index contributed by atoms with van der Waals surface area (Å²) in [7, 11) is 0. The molecule has 1 heterocycles. The average Bonchev–Trinajstić information content (AvgIpc) is 2.58. The van der Waals surface area contributed by atoms with Crippen molar-refractivity contribution in [2.75, 3.05) is 0 Å². The fourth-order valence-electron chi connectivity index (χ4n) is 1.16. The lowest BCUT2D eigenvalue weighted by Crippen LogP contribution is -2.48. The third kappa shape index (κ3) is 3.57. The number of carbonyl (C=O) groups is 1. The smallest absolute Gasteiger partial charge is 0.237 e. The molecule has 3 N–H and O–H groups in total. The van der Waals surface area contributed by atoms with Crippen LogP contribution in [0.2, 0.25) is 0 Å². The highest BCUT2D eigenvalue weighted by Crippen LogP contribution is 2.17. The number of nitrogens with one attached hydrogen (secondary N) is 1. The summed E-state index contributed by atoms with van der Waals surface area (Å²) >= 11 is 1.58. The van der Waals surface area contributed by atoms with E-state index in [0.29, 0.717) is 6.54 Å². The number of nitrogens with zero attached hydrogens (tertiary/aromatic N) is 1. The van der Waals surface area contributed by atoms with Crippen LogP contribution in [-0.4, -0.2) is 16.9 Å². The Morgan fingerprint density at radius 3 is 2.69 bits per heavy atom. The van der Waals surface area contributed by atoms with E-state index in [9.17, 15) is 4.79 Å². The molecule has 1 aromatic heterocycles. The van der Waals surface area contributed by atoms with Crippen LogP contribution in [0.5, 0.6) is 0 Å². The topological polar surface area (TPSA) is 68.0 Å². The molecule has 0 fully saturated rings. The molecule has 0 aromatic carbocycles. The number of hydrogen-bond acceptors (Lipinski definition) is 4. The van der Waals surface area contributed by atoms with E-state index in [-0.39, 0.29) is 11.3 Å². The van der Waals surface area contributed by atoms with Crippen molar-refractivity contribution in [2.45, 2.75) is 40.3 Å². The monoisotopic (exact) mass is 241 g/mol. The van der Waals surface area contributed by atoms with E-state index < -0.39 is 6.04 Å². The summed E-state index contributed by atoms with van der Waals surface area (Å²) in [5.41, 5.74) is 5.62. The summed E-state index contributed by atoms with van der Waals surface area (Å²) in [4.78, 5) is 16.9. The highest BCUT2D eigenvalue weighted by atomic mass is 32.1. The quantitative estimate of drug-likeness (QED) is 0.841. The zero-order valence-corrected chi connectivity index (χ0v) is 11.0. The lowest BCUT2D eigenvalue weighted by Gasteiger charge is -2.25. The van der Waals surface area contributed by atoms with Crippen LogP contribution in [0.3, 0.4) is 0 Å². The van der Waals surface area contributed by atoms with Gasteiger partial charge in [-0.2, -0.15) is 0 Å². The number of rotatable bonds is 3. The van der Waals surface area contributed by atoms with Crippen molar-refractivity contribution in [1.82, 2.24) is 10.3 Å². The lowest BCUT2D eigenvalue weighted by atomic mass is 9.87. The number of amides is 1. The molecule has 4 nitrogen and oxygen atoms in total. The predicted octanol–water partition coefficient (Wildman–Crippen LogP) is 1.44. The van der Waals surface area contributed by atoms with Gasteiger partial charge in [-0.05, 0) is 12.3 Å². The number of carbonyl (C=O) groups excluding carboxylic acids is 1. The van der Waals surface area contributed by atoms with Gasteiger partial charge in [-0.1, -0.05) is 20.8 Å². The summed E-state index contributed by atoms with van der Waals surface area (Å²) in [6.07, 6.45) is 1.78. The van der Waals surface area contributed by atoms with E-state index >= 15 is 0 Å². The molecule has 1 amide bonds. The molecule has 1 aromatic rings. The second kappa shape index (κ2) is 4.93. The minimum absolute atomic E-state index is 0.112. The van der Waals surface area contributed by atoms with Gasteiger partial charge >= 0.3 is 0 Å². The number of aromatic nitrogens is 1. The van der Waals surface area contributed by atoms with E-state index in [0.717, 1.165) is 9.88 Å². The zero-order valence-electron chi connectivity index (χ0n) is 10.2. The molecular formula is C11H19N3OS. The second-order valence-electron chi connectivity index (χ2n) is 4.91. The van der Waals surface area contributed by atoms with Gasteiger partial charge in [0.05, 0.1) is 17.6 Å². The van der Waals surface area contributed by atoms with Crippen molar-refractivity contribution in [1.29, 1.82) is 0 Å². The maximum atomic E-state index is 11.7. The molecule has 0 saturated heterocycles. The third-order valence-corrected chi connectivity index (χ3v) is 3.23. The highest BCUT2D eigenvalue weighted by molar-refractivity contribution is 7.11. The number of aryl methyl sites for hydroxylation is 1. The van der Waals surface area contributed by atoms with Gasteiger partial charge in [0.25, 0.3) is 0 Å². The van der Waals surface area contributed by atoms with Gasteiger partial charge in [-0.25, -0.2) is 4.98 Å². The van der Waals surface area contributed by atoms with Crippen LogP contribution in [0.25, 0.3) is 0 Å². The van der Waals surface area contributed by atoms with Crippen molar-refractivity contribution in [3.05, 3.63) is 16.1 Å². The Kier molecular flexibility index (Phi) is 4.04. The minimum atomic E-state index is -0.485. The molecule has 1 atom stereocenters. The first-order valence-electron chi connectivity index (χ1n) is 5.25. The van der Waals surface area contributed by atoms with Crippen LogP contribution in [0, 0.1) is 12.3 Å². The molecule has 90 valence electrons. The minimum Gasteiger partial charge on any atom is -0.350 e. The molecule has 0 aliphatic heterocycles. The normalized spacial score (nSPS) is 13.6. The van der Waals surface area contributed by atoms with E-state index in [1.807, 2.05) is 27.7 Å². The van der Waals surface area contributed by atoms with Gasteiger partial charge in [-0.3, -0.25) is 4.79 Å². The van der Waals surface area contributed by atoms with E-state index in [1.54, 1.807) is 17.5 Å². The van der Waals surface area contributed by atoms with Crippen molar-refractivity contribution in [3.8, 4) is 0 Å². The van der Waals surface area contributed by atoms with Gasteiger partial charge in [0, 0.05) is 11.1 Å². The molecule has 0 spiro atoms. The Morgan fingerprint density at radius 1 is 1.62 bits per heavy atom. The summed E-state index contributed by atoms with van der Waals surface area (Å²) in [6, 6.07) is -0.485. The Hall–Kier alpha value is -0.940. The summed E-state index contributed by atoms with van der Waals surface area (Å²) < 4.78 is 0. The maximum Gasteiger partial charge on any atom is 0.237 e. The van der Waals surface area contributed by atoms with Crippen LogP contribution in [0.15, 0.2) is 6.20 Å². The Bertz CT molecular complexity index is 368. The maximum absolute atomic E-state index is 11.7. The van der Waals surface area contributed by atoms with Crippen LogP contribution >= 0.6 is 11.3 Å². The highest BCUT2D eigenvalue weighted by Gasteiger charge is 2.27. The summed E-state index contributed by atoms with van der Waals surface area (Å²) in [5, 5.41) is 3.83. The van der Waals surface area contributed by atoms with Gasteiger partial charge in [-0.15, -0.1) is 11.3 Å². The average molecular weight is 241 g/mol. The van der Waals surface area contributed by atoms with E-state index in [2.05, 4.69) is 10.3 Å². The van der Waals surface area contributed by atoms with E-state index in [4.69, 9.17) is 5.73 Å². The molecule has 0 radical (unpaired) electrons. The van der Waals surface area contributed by atoms with Crippen LogP contribution in [-0.2, 0) is 11.3 Å². The molecule has 0 saturated carbocycles. The first-order chi connectivity index (χ1) is 7.30. The largest absolute Gasteiger partial charge is 0.350 e. The van der Waals surface area contributed by atoms with E-state index in [1.165, 1.54) is 0 Å². The fraction of sp³-hybridized carbons (Fsp3) is 0.636. The second-order valence-corrected chi connectivity index (χ2v) is 6.23. The third-order valence-electron chi connectivity index (χ3n) is 2.32. The Balaban J connectivity index is 2.47. The van der Waals surface area contributed by atoms with Crippen LogP contribution < -0.4 is 11.1 Å². The predicted molar refractivity (Wildman–Crippen MR) is 66.1 cm³/mol. The van der Waals surface area contributed by atoms with Crippen molar-refractivity contribution >= 4 is 17.2 Å². The molecular weight excluding hydrogens is 222 g/mol. The molecule has 16 heavy (non-hydrogen) atoms. The first kappa shape index (κ1) is 13.1. The number of nitrogens with two attached hydrogens (primary N) is 1. The van der Waals surface area contributed by atoms with Gasteiger partial charge in [0.2, 0.25) is 5.91 Å². The van der Waals surface area contributed by atoms with Crippen molar-refractivity contribution in [3.63, 3.8) is 0 Å². The molecule has 5 heteroatoms. The standard InChI is InChI=1S/C11H19N3OS/c1-7-13-5-8(16-7)6-14-10(15)9(12)11(2,3)4/h5,9H,6,12H2,1-4H3,(H,14,15)/t9-/m0/s1. The van der Waals surface area contributed by atoms with Gasteiger partial charge < -0.3 is 11.1 Å². The molecule has 0 bridgehead atoms. The first-order valence-corrected chi connectivity index (χ1v) is 6.07. The van der Waals surface area contributed by atoms with Gasteiger partial charge in [0.15, 0.2) is 0 Å². The van der Waals surface area contributed by atoms with Crippen LogP contribution in [0.1, 0.15) is 30.7 Å². The molecule has 1 rings (SSSR count). The van der Waals surface area contributed by atoms with Crippen molar-refractivity contribution in [2.24, 2.45) is 11.1 Å². The Morgan fingerprint density at radius 2 is 2.25 bits per heavy atom. The SMILES string of the molecule is Cc1ncc(CNC(=O)[C@H](N)C(C)(C)C)s1. The zero-order chi connectivity index (χ0) is 12.3. The molecule has 0 unspecified atom stereocenters.